The van der Waals surface area contributed by atoms with Crippen LogP contribution in [0.1, 0.15) is 147 Å². The van der Waals surface area contributed by atoms with E-state index in [1.54, 1.807) is 16.7 Å². The van der Waals surface area contributed by atoms with Crippen LogP contribution >= 0.6 is 0 Å². The van der Waals surface area contributed by atoms with Gasteiger partial charge in [0, 0.05) is 51.2 Å². The number of fused-ring (bicyclic) bond motifs is 2. The molecule has 0 bridgehead atoms. The maximum Gasteiger partial charge on any atom is 0.410 e. The first-order valence-corrected chi connectivity index (χ1v) is 35.4. The predicted octanol–water partition coefficient (Wildman–Crippen LogP) is 6.28. The van der Waals surface area contributed by atoms with Gasteiger partial charge in [-0.2, -0.15) is 8.61 Å². The molecular weight excluding hydrogens is 1160 g/mol. The number of sulfonamides is 2. The van der Waals surface area contributed by atoms with Crippen LogP contribution in [-0.2, 0) is 60.2 Å². The molecule has 21 nitrogen and oxygen atoms in total. The van der Waals surface area contributed by atoms with E-state index in [2.05, 4.69) is 21.3 Å². The molecule has 4 N–H and O–H groups in total. The smallest absolute Gasteiger partial charge is 0.410 e. The summed E-state index contributed by atoms with van der Waals surface area (Å²) in [6.45, 7) is 9.86. The second-order valence-corrected chi connectivity index (χ2v) is 29.2. The molecule has 2 aliphatic carbocycles. The summed E-state index contributed by atoms with van der Waals surface area (Å²) in [4.78, 5) is 100. The van der Waals surface area contributed by atoms with Crippen LogP contribution in [0.4, 0.5) is 4.79 Å². The lowest BCUT2D eigenvalue weighted by atomic mass is 9.82. The summed E-state index contributed by atoms with van der Waals surface area (Å²) in [5.41, 5.74) is 2.67. The molecule has 7 amide bonds. The lowest BCUT2D eigenvalue weighted by Crippen LogP contribution is -2.59. The third kappa shape index (κ3) is 16.1. The van der Waals surface area contributed by atoms with Crippen LogP contribution < -0.4 is 21.3 Å². The highest BCUT2D eigenvalue weighted by Gasteiger charge is 2.58. The molecular formula is C65H93N9O12S2. The Hall–Kier alpha value is -6.43. The summed E-state index contributed by atoms with van der Waals surface area (Å²) in [6, 6.07) is 23.0. The van der Waals surface area contributed by atoms with Gasteiger partial charge in [0.25, 0.3) is 0 Å². The van der Waals surface area contributed by atoms with E-state index >= 15 is 0 Å². The Kier molecular flexibility index (Phi) is 23.0. The monoisotopic (exact) mass is 1260 g/mol. The highest BCUT2D eigenvalue weighted by atomic mass is 32.2. The van der Waals surface area contributed by atoms with Gasteiger partial charge in [-0.05, 0) is 94.2 Å². The first kappa shape index (κ1) is 67.5. The molecule has 0 unspecified atom stereocenters. The molecule has 2 saturated carbocycles. The van der Waals surface area contributed by atoms with Crippen molar-refractivity contribution in [2.75, 3.05) is 45.7 Å². The van der Waals surface area contributed by atoms with E-state index in [1.165, 1.54) is 26.8 Å². The number of carbonyl (C=O) groups is 7. The molecule has 3 aromatic carbocycles. The Balaban J connectivity index is 0.000000234. The predicted molar refractivity (Wildman–Crippen MR) is 334 cm³/mol. The first-order chi connectivity index (χ1) is 41.9. The zero-order chi connectivity index (χ0) is 63.6. The summed E-state index contributed by atoms with van der Waals surface area (Å²) in [6.07, 6.45) is 12.4. The van der Waals surface area contributed by atoms with E-state index in [0.29, 0.717) is 25.8 Å². The second-order valence-electron chi connectivity index (χ2n) is 25.3. The maximum absolute atomic E-state index is 14.6. The van der Waals surface area contributed by atoms with Gasteiger partial charge in [-0.3, -0.25) is 33.7 Å². The molecule has 0 spiro atoms. The summed E-state index contributed by atoms with van der Waals surface area (Å²) in [5.74, 6) is -3.50. The number of benzene rings is 3. The minimum Gasteiger partial charge on any atom is -0.445 e. The van der Waals surface area contributed by atoms with E-state index in [9.17, 15) is 50.4 Å². The molecule has 482 valence electrons. The standard InChI is InChI=1S/C36H49N5O7S.C29H44N4O5S/c1-24(27-16-10-6-11-17-27)37-34(43)29-22-41(49(4,46)47)30-20-21-40(32(29)30)35(44)31(28-18-12-7-13-19-28)38-33(42)25(2)39(3)36(45)48-23-26-14-8-5-9-15-26;1-5-19(2)27(34)31-25(22-14-10-7-11-15-22)29(36)32-17-16-24-26(32)23(18-33(24)39(4,37)38)28(35)30-20(3)21-12-8-6-9-13-21/h5-6,8-11,14-17,24-25,28-32H,7,12-13,18-23H2,1-4H3,(H,37,43)(H,38,42);6,8-9,12-13,19-20,22-26H,5,7,10-11,14-18H2,1-4H3,(H,30,35)(H,31,34)/t24-,25+,29+,30-,31+,32-;19-,20-,23+,24-,25+,26-/m11/s1. The third-order valence-electron chi connectivity index (χ3n) is 19.4. The largest absolute Gasteiger partial charge is 0.445 e. The highest BCUT2D eigenvalue weighted by Crippen LogP contribution is 2.41. The van der Waals surface area contributed by atoms with Crippen molar-refractivity contribution in [3.8, 4) is 0 Å². The zero-order valence-electron chi connectivity index (χ0n) is 52.4. The Morgan fingerprint density at radius 1 is 0.545 bits per heavy atom. The fourth-order valence-electron chi connectivity index (χ4n) is 14.1. The topological polar surface area (TPSA) is 261 Å². The number of ether oxygens (including phenoxy) is 1. The van der Waals surface area contributed by atoms with Gasteiger partial charge in [0.2, 0.25) is 55.5 Å². The summed E-state index contributed by atoms with van der Waals surface area (Å²) < 4.78 is 59.5. The number of carbonyl (C=O) groups excluding carboxylic acids is 7. The van der Waals surface area contributed by atoms with E-state index in [4.69, 9.17) is 4.74 Å². The van der Waals surface area contributed by atoms with E-state index in [1.807, 2.05) is 119 Å². The Morgan fingerprint density at radius 2 is 0.932 bits per heavy atom. The van der Waals surface area contributed by atoms with Crippen molar-refractivity contribution in [3.05, 3.63) is 108 Å². The van der Waals surface area contributed by atoms with Crippen LogP contribution in [0.25, 0.3) is 0 Å². The number of nitrogens with zero attached hydrogens (tertiary/aromatic N) is 5. The molecule has 3 aromatic rings. The number of likely N-dealkylation sites (tertiary alicyclic amines) is 2. The van der Waals surface area contributed by atoms with Crippen molar-refractivity contribution in [1.82, 2.24) is 44.6 Å². The van der Waals surface area contributed by atoms with Crippen LogP contribution in [0, 0.1) is 29.6 Å². The van der Waals surface area contributed by atoms with Crippen molar-refractivity contribution in [2.24, 2.45) is 29.6 Å². The molecule has 0 aromatic heterocycles. The second kappa shape index (κ2) is 29.9. The van der Waals surface area contributed by atoms with Crippen LogP contribution in [-0.4, -0.2) is 170 Å². The van der Waals surface area contributed by atoms with Crippen LogP contribution in [0.15, 0.2) is 91.0 Å². The lowest BCUT2D eigenvalue weighted by Gasteiger charge is -2.37. The van der Waals surface area contributed by atoms with Crippen molar-refractivity contribution in [1.29, 1.82) is 0 Å². The van der Waals surface area contributed by atoms with Gasteiger partial charge in [0.05, 0.1) is 48.5 Å². The van der Waals surface area contributed by atoms with E-state index in [0.717, 1.165) is 87.2 Å². The SMILES string of the molecule is CC[C@@H](C)C(=O)N[C@H](C(=O)N1CC[C@@H]2[C@H]1[C@@H](C(=O)N[C@H](C)c1ccccc1)CN2S(C)(=O)=O)C1CCCCC1.C[C@@H](NC(=O)[C@H]1CN(S(C)(=O)=O)[C@@H]2CCN(C(=O)[C@@H](NC(=O)[C@H](C)N(C)C(=O)OCc3ccccc3)C3CCCCC3)[C@H]12)c1ccccc1. The molecule has 9 rings (SSSR count). The fourth-order valence-corrected chi connectivity index (χ4v) is 16.4. The molecule has 6 fully saturated rings. The number of hydrogen-bond acceptors (Lipinski definition) is 12. The summed E-state index contributed by atoms with van der Waals surface area (Å²) in [5, 5.41) is 12.2. The molecule has 23 heteroatoms. The Bertz CT molecular complexity index is 3130. The molecule has 0 radical (unpaired) electrons. The molecule has 4 aliphatic heterocycles. The van der Waals surface area contributed by atoms with Gasteiger partial charge in [-0.25, -0.2) is 21.6 Å². The van der Waals surface area contributed by atoms with Gasteiger partial charge in [0.15, 0.2) is 0 Å². The van der Waals surface area contributed by atoms with Gasteiger partial charge < -0.3 is 35.8 Å². The molecule has 6 aliphatic rings. The van der Waals surface area contributed by atoms with Gasteiger partial charge >= 0.3 is 6.09 Å². The summed E-state index contributed by atoms with van der Waals surface area (Å²) >= 11 is 0. The quantitative estimate of drug-likeness (QED) is 0.0974. The minimum atomic E-state index is -3.67. The number of hydrogen-bond donors (Lipinski definition) is 4. The molecule has 4 saturated heterocycles. The Labute approximate surface area is 520 Å². The van der Waals surface area contributed by atoms with E-state index in [-0.39, 0.29) is 85.6 Å². The van der Waals surface area contributed by atoms with Crippen molar-refractivity contribution < 1.29 is 55.1 Å². The number of rotatable bonds is 20. The summed E-state index contributed by atoms with van der Waals surface area (Å²) in [7, 11) is -5.77. The van der Waals surface area contributed by atoms with Gasteiger partial charge in [0.1, 0.15) is 24.7 Å². The third-order valence-corrected chi connectivity index (χ3v) is 22.0. The molecule has 88 heavy (non-hydrogen) atoms. The lowest BCUT2D eigenvalue weighted by molar-refractivity contribution is -0.142. The molecule has 4 heterocycles. The first-order valence-electron chi connectivity index (χ1n) is 31.7. The maximum atomic E-state index is 14.6. The van der Waals surface area contributed by atoms with Crippen LogP contribution in [0.5, 0.6) is 0 Å². The number of nitrogens with one attached hydrogen (secondary N) is 4. The van der Waals surface area contributed by atoms with E-state index < -0.39 is 86.2 Å². The number of likely N-dealkylation sites (N-methyl/N-ethyl adjacent to an activating group) is 1. The zero-order valence-corrected chi connectivity index (χ0v) is 54.1. The van der Waals surface area contributed by atoms with Gasteiger partial charge in [-0.15, -0.1) is 0 Å². The van der Waals surface area contributed by atoms with Crippen LogP contribution in [0.2, 0.25) is 0 Å². The minimum absolute atomic E-state index is 0.0291. The molecule has 12 atom stereocenters. The van der Waals surface area contributed by atoms with Crippen molar-refractivity contribution in [2.45, 2.75) is 179 Å². The van der Waals surface area contributed by atoms with Gasteiger partial charge in [-0.1, -0.05) is 143 Å². The average Bonchev–Trinajstić information content (AvgIpc) is 1.64. The van der Waals surface area contributed by atoms with Crippen molar-refractivity contribution in [3.63, 3.8) is 0 Å². The average molecular weight is 1260 g/mol. The highest BCUT2D eigenvalue weighted by molar-refractivity contribution is 7.88. The fraction of sp³-hybridized carbons (Fsp3) is 0.615. The van der Waals surface area contributed by atoms with Crippen molar-refractivity contribution >= 4 is 61.6 Å². The Morgan fingerprint density at radius 3 is 1.32 bits per heavy atom. The number of amides is 7. The normalized spacial score (nSPS) is 24.6. The van der Waals surface area contributed by atoms with Crippen LogP contribution in [0.3, 0.4) is 0 Å².